The maximum absolute atomic E-state index is 12.4. The van der Waals surface area contributed by atoms with Crippen molar-refractivity contribution in [1.82, 2.24) is 10.2 Å². The number of carbonyl (C=O) groups excluding carboxylic acids is 1. The number of carbonyl (C=O) groups is 2. The lowest BCUT2D eigenvalue weighted by atomic mass is 10.0. The molecule has 0 heterocycles. The van der Waals surface area contributed by atoms with Crippen LogP contribution in [0.3, 0.4) is 0 Å². The first-order valence-electron chi connectivity index (χ1n) is 8.14. The zero-order valence-electron chi connectivity index (χ0n) is 14.2. The molecule has 5 nitrogen and oxygen atoms in total. The Hall–Kier alpha value is -1.26. The average molecular weight is 300 g/mol. The topological polar surface area (TPSA) is 69.6 Å². The molecule has 0 aromatic heterocycles. The Balaban J connectivity index is 4.69. The SMILES string of the molecule is CCCC(CNC(=O)N(CC(C)C)C(CC)CC)C(=O)O. The van der Waals surface area contributed by atoms with Crippen LogP contribution in [-0.4, -0.2) is 41.1 Å². The van der Waals surface area contributed by atoms with Crippen LogP contribution in [0.5, 0.6) is 0 Å². The van der Waals surface area contributed by atoms with Crippen molar-refractivity contribution in [2.75, 3.05) is 13.1 Å². The number of hydrogen-bond donors (Lipinski definition) is 2. The minimum Gasteiger partial charge on any atom is -0.481 e. The Labute approximate surface area is 129 Å². The van der Waals surface area contributed by atoms with Crippen molar-refractivity contribution in [2.24, 2.45) is 11.8 Å². The quantitative estimate of drug-likeness (QED) is 0.650. The van der Waals surface area contributed by atoms with Crippen LogP contribution in [0.4, 0.5) is 4.79 Å². The lowest BCUT2D eigenvalue weighted by Gasteiger charge is -2.32. The van der Waals surface area contributed by atoms with E-state index in [-0.39, 0.29) is 18.6 Å². The molecule has 2 N–H and O–H groups in total. The first kappa shape index (κ1) is 19.7. The molecule has 0 radical (unpaired) electrons. The Bertz CT molecular complexity index is 315. The highest BCUT2D eigenvalue weighted by Gasteiger charge is 2.24. The zero-order valence-corrected chi connectivity index (χ0v) is 14.2. The molecule has 124 valence electrons. The number of nitrogens with one attached hydrogen (secondary N) is 1. The van der Waals surface area contributed by atoms with Crippen molar-refractivity contribution in [2.45, 2.75) is 66.3 Å². The molecule has 1 atom stereocenters. The first-order valence-corrected chi connectivity index (χ1v) is 8.14. The number of nitrogens with zero attached hydrogens (tertiary/aromatic N) is 1. The molecule has 0 aliphatic heterocycles. The molecule has 0 aliphatic carbocycles. The molecule has 0 rings (SSSR count). The van der Waals surface area contributed by atoms with Crippen molar-refractivity contribution in [3.8, 4) is 0 Å². The highest BCUT2D eigenvalue weighted by Crippen LogP contribution is 2.12. The molecule has 0 saturated carbocycles. The minimum absolute atomic E-state index is 0.139. The van der Waals surface area contributed by atoms with Crippen molar-refractivity contribution in [3.05, 3.63) is 0 Å². The van der Waals surface area contributed by atoms with Crippen LogP contribution < -0.4 is 5.32 Å². The molecule has 0 fully saturated rings. The summed E-state index contributed by atoms with van der Waals surface area (Å²) in [5, 5.41) is 11.9. The molecule has 21 heavy (non-hydrogen) atoms. The van der Waals surface area contributed by atoms with Crippen molar-refractivity contribution in [3.63, 3.8) is 0 Å². The normalized spacial score (nSPS) is 12.5. The number of carboxylic acids is 1. The summed E-state index contributed by atoms with van der Waals surface area (Å²) < 4.78 is 0. The predicted molar refractivity (Wildman–Crippen MR) is 85.3 cm³/mol. The van der Waals surface area contributed by atoms with Crippen molar-refractivity contribution >= 4 is 12.0 Å². The minimum atomic E-state index is -0.838. The van der Waals surface area contributed by atoms with Gasteiger partial charge in [0.15, 0.2) is 0 Å². The van der Waals surface area contributed by atoms with E-state index >= 15 is 0 Å². The van der Waals surface area contributed by atoms with Crippen LogP contribution in [0.2, 0.25) is 0 Å². The smallest absolute Gasteiger partial charge is 0.317 e. The Morgan fingerprint density at radius 1 is 1.14 bits per heavy atom. The van der Waals surface area contributed by atoms with Gasteiger partial charge in [-0.05, 0) is 25.2 Å². The number of hydrogen-bond acceptors (Lipinski definition) is 2. The van der Waals surface area contributed by atoms with Gasteiger partial charge in [0.2, 0.25) is 0 Å². The summed E-state index contributed by atoms with van der Waals surface area (Å²) in [6.07, 6.45) is 3.21. The van der Waals surface area contributed by atoms with E-state index in [1.165, 1.54) is 0 Å². The lowest BCUT2D eigenvalue weighted by Crippen LogP contribution is -2.49. The number of aliphatic carboxylic acids is 1. The fraction of sp³-hybridized carbons (Fsp3) is 0.875. The molecule has 0 aromatic carbocycles. The summed E-state index contributed by atoms with van der Waals surface area (Å²) in [6, 6.07) is 0.0709. The Morgan fingerprint density at radius 2 is 1.71 bits per heavy atom. The molecule has 0 spiro atoms. The third-order valence-electron chi connectivity index (χ3n) is 3.69. The summed E-state index contributed by atoms with van der Waals surface area (Å²) in [6.45, 7) is 11.2. The van der Waals surface area contributed by atoms with Gasteiger partial charge in [-0.15, -0.1) is 0 Å². The average Bonchev–Trinajstić information content (AvgIpc) is 2.42. The van der Waals surface area contributed by atoms with E-state index in [0.717, 1.165) is 19.3 Å². The lowest BCUT2D eigenvalue weighted by molar-refractivity contribution is -0.141. The molecule has 0 bridgehead atoms. The van der Waals surface area contributed by atoms with Gasteiger partial charge in [-0.25, -0.2) is 4.79 Å². The summed E-state index contributed by atoms with van der Waals surface area (Å²) in [7, 11) is 0. The molecule has 0 aliphatic rings. The predicted octanol–water partition coefficient (Wildman–Crippen LogP) is 3.34. The van der Waals surface area contributed by atoms with E-state index < -0.39 is 11.9 Å². The van der Waals surface area contributed by atoms with Gasteiger partial charge in [-0.1, -0.05) is 41.0 Å². The molecule has 5 heteroatoms. The standard InChI is InChI=1S/C16H32N2O3/c1-6-9-13(15(19)20)10-17-16(21)18(11-12(4)5)14(7-2)8-3/h12-14H,6-11H2,1-5H3,(H,17,21)(H,19,20). The summed E-state index contributed by atoms with van der Waals surface area (Å²) in [4.78, 5) is 25.4. The van der Waals surface area contributed by atoms with Gasteiger partial charge in [-0.3, -0.25) is 4.79 Å². The van der Waals surface area contributed by atoms with Crippen molar-refractivity contribution in [1.29, 1.82) is 0 Å². The highest BCUT2D eigenvalue weighted by molar-refractivity contribution is 5.76. The molecule has 0 saturated heterocycles. The van der Waals surface area contributed by atoms with E-state index in [1.54, 1.807) is 0 Å². The monoisotopic (exact) mass is 300 g/mol. The van der Waals surface area contributed by atoms with Crippen LogP contribution >= 0.6 is 0 Å². The summed E-state index contributed by atoms with van der Waals surface area (Å²) in [5.74, 6) is -0.945. The Kier molecular flexibility index (Phi) is 9.84. The summed E-state index contributed by atoms with van der Waals surface area (Å²) in [5.41, 5.74) is 0. The van der Waals surface area contributed by atoms with Gasteiger partial charge in [0.25, 0.3) is 0 Å². The second kappa shape index (κ2) is 10.5. The first-order chi connectivity index (χ1) is 9.87. The Morgan fingerprint density at radius 3 is 2.10 bits per heavy atom. The van der Waals surface area contributed by atoms with Gasteiger partial charge in [0, 0.05) is 19.1 Å². The zero-order chi connectivity index (χ0) is 16.4. The summed E-state index contributed by atoms with van der Waals surface area (Å²) >= 11 is 0. The van der Waals surface area contributed by atoms with E-state index in [4.69, 9.17) is 5.11 Å². The van der Waals surface area contributed by atoms with Gasteiger partial charge >= 0.3 is 12.0 Å². The van der Waals surface area contributed by atoms with E-state index in [2.05, 4.69) is 33.0 Å². The molecule has 0 aromatic rings. The van der Waals surface area contributed by atoms with Gasteiger partial charge in [-0.2, -0.15) is 0 Å². The number of rotatable bonds is 10. The number of urea groups is 1. The maximum Gasteiger partial charge on any atom is 0.317 e. The molecule has 1 unspecified atom stereocenters. The second-order valence-electron chi connectivity index (χ2n) is 6.03. The van der Waals surface area contributed by atoms with E-state index in [9.17, 15) is 9.59 Å². The third-order valence-corrected chi connectivity index (χ3v) is 3.69. The van der Waals surface area contributed by atoms with Gasteiger partial charge in [0.1, 0.15) is 0 Å². The number of carboxylic acid groups (broad SMARTS) is 1. The van der Waals surface area contributed by atoms with Crippen LogP contribution in [0, 0.1) is 11.8 Å². The van der Waals surface area contributed by atoms with Crippen LogP contribution in [0.15, 0.2) is 0 Å². The van der Waals surface area contributed by atoms with Crippen LogP contribution in [0.1, 0.15) is 60.3 Å². The fourth-order valence-corrected chi connectivity index (χ4v) is 2.49. The van der Waals surface area contributed by atoms with Crippen molar-refractivity contribution < 1.29 is 14.7 Å². The van der Waals surface area contributed by atoms with Crippen LogP contribution in [-0.2, 0) is 4.79 Å². The highest BCUT2D eigenvalue weighted by atomic mass is 16.4. The largest absolute Gasteiger partial charge is 0.481 e. The molecule has 2 amide bonds. The number of amides is 2. The van der Waals surface area contributed by atoms with E-state index in [0.29, 0.717) is 18.9 Å². The van der Waals surface area contributed by atoms with Gasteiger partial charge in [0.05, 0.1) is 5.92 Å². The molecular formula is C16H32N2O3. The van der Waals surface area contributed by atoms with Gasteiger partial charge < -0.3 is 15.3 Å². The molecular weight excluding hydrogens is 268 g/mol. The third kappa shape index (κ3) is 7.34. The van der Waals surface area contributed by atoms with E-state index in [1.807, 2.05) is 11.8 Å². The second-order valence-corrected chi connectivity index (χ2v) is 6.03. The maximum atomic E-state index is 12.4. The van der Waals surface area contributed by atoms with Crippen LogP contribution in [0.25, 0.3) is 0 Å². The fourth-order valence-electron chi connectivity index (χ4n) is 2.49.